The van der Waals surface area contributed by atoms with Crippen molar-refractivity contribution in [2.75, 3.05) is 10.6 Å². The summed E-state index contributed by atoms with van der Waals surface area (Å²) in [5, 5.41) is 16.2. The van der Waals surface area contributed by atoms with Crippen molar-refractivity contribution in [2.45, 2.75) is 76.5 Å². The number of halogens is 3. The minimum atomic E-state index is -0.849. The molecule has 0 radical (unpaired) electrons. The molecule has 2 aliphatic carbocycles. The lowest BCUT2D eigenvalue weighted by molar-refractivity contribution is -0.128. The van der Waals surface area contributed by atoms with Gasteiger partial charge >= 0.3 is 0 Å². The highest BCUT2D eigenvalue weighted by atomic mass is 35.5. The molecule has 2 saturated carbocycles. The van der Waals surface area contributed by atoms with Crippen molar-refractivity contribution < 1.29 is 18.7 Å². The van der Waals surface area contributed by atoms with Gasteiger partial charge in [0.05, 0.1) is 23.0 Å². The number of nitrogens with zero attached hydrogens (tertiary/aromatic N) is 4. The number of aliphatic hydroxyl groups is 1. The van der Waals surface area contributed by atoms with E-state index < -0.39 is 17.0 Å². The molecule has 0 unspecified atom stereocenters. The molecular formula is C25H30ClF2N7O2. The van der Waals surface area contributed by atoms with Gasteiger partial charge in [-0.1, -0.05) is 18.5 Å². The lowest BCUT2D eigenvalue weighted by atomic mass is 9.73. The van der Waals surface area contributed by atoms with Gasteiger partial charge in [-0.2, -0.15) is 4.98 Å². The van der Waals surface area contributed by atoms with E-state index in [0.29, 0.717) is 49.2 Å². The first-order valence-corrected chi connectivity index (χ1v) is 12.9. The first kappa shape index (κ1) is 25.6. The van der Waals surface area contributed by atoms with Crippen LogP contribution >= 0.6 is 11.6 Å². The minimum absolute atomic E-state index is 0.0493. The van der Waals surface area contributed by atoms with E-state index in [-0.39, 0.29) is 40.8 Å². The Labute approximate surface area is 217 Å². The Balaban J connectivity index is 1.52. The largest absolute Gasteiger partial charge is 0.393 e. The standard InChI is InChI=1S/C25H30ClF2N7O2/c1-25(22(29)37)7-5-15(6-8-25)35-21-19(12-30-23(34-21)31-14-3-2-4-16(36)11-14)32-24(35)33-20-17(26)9-13(27)10-18(20)28/h9-10,12,14-16,36H,2-8,11H2,1H3,(H2,29,37)(H,32,33)(H,30,31,34)/t14-,15-,16-,25-/m1/s1. The molecule has 1 aromatic carbocycles. The molecule has 9 nitrogen and oxygen atoms in total. The molecule has 12 heteroatoms. The predicted molar refractivity (Wildman–Crippen MR) is 137 cm³/mol. The number of rotatable bonds is 6. The summed E-state index contributed by atoms with van der Waals surface area (Å²) in [6, 6.07) is 1.72. The molecule has 2 atom stereocenters. The van der Waals surface area contributed by atoms with Crippen molar-refractivity contribution in [3.63, 3.8) is 0 Å². The predicted octanol–water partition coefficient (Wildman–Crippen LogP) is 4.82. The molecule has 0 aliphatic heterocycles. The van der Waals surface area contributed by atoms with Crippen molar-refractivity contribution in [3.05, 3.63) is 35.0 Å². The van der Waals surface area contributed by atoms with Crippen LogP contribution in [0.2, 0.25) is 5.02 Å². The average molecular weight is 534 g/mol. The fourth-order valence-corrected chi connectivity index (χ4v) is 5.63. The highest BCUT2D eigenvalue weighted by molar-refractivity contribution is 6.33. The Bertz CT molecular complexity index is 1300. The summed E-state index contributed by atoms with van der Waals surface area (Å²) in [5.74, 6) is -1.27. The second-order valence-corrected chi connectivity index (χ2v) is 10.8. The smallest absolute Gasteiger partial charge is 0.224 e. The molecule has 198 valence electrons. The van der Waals surface area contributed by atoms with Gasteiger partial charge in [-0.3, -0.25) is 9.36 Å². The quantitative estimate of drug-likeness (QED) is 0.357. The minimum Gasteiger partial charge on any atom is -0.393 e. The highest BCUT2D eigenvalue weighted by Crippen LogP contribution is 2.43. The van der Waals surface area contributed by atoms with Gasteiger partial charge in [0.15, 0.2) is 11.5 Å². The molecule has 1 amide bonds. The van der Waals surface area contributed by atoms with Crippen molar-refractivity contribution >= 4 is 46.3 Å². The SMILES string of the molecule is C[C@]1(C(N)=O)CC[C@H](n2c(Nc3c(F)cc(F)cc3Cl)nc3cnc(N[C@@H]4CCC[C@@H](O)C4)nc32)CC1. The number of nitrogens with one attached hydrogen (secondary N) is 2. The van der Waals surface area contributed by atoms with Gasteiger partial charge in [0, 0.05) is 23.6 Å². The second-order valence-electron chi connectivity index (χ2n) is 10.4. The van der Waals surface area contributed by atoms with Crippen LogP contribution in [-0.2, 0) is 4.79 Å². The van der Waals surface area contributed by atoms with E-state index in [0.717, 1.165) is 31.4 Å². The summed E-state index contributed by atoms with van der Waals surface area (Å²) in [5.41, 5.74) is 5.97. The van der Waals surface area contributed by atoms with Crippen LogP contribution in [-0.4, -0.2) is 42.7 Å². The van der Waals surface area contributed by atoms with E-state index in [1.165, 1.54) is 0 Å². The van der Waals surface area contributed by atoms with Crippen LogP contribution in [0.25, 0.3) is 11.2 Å². The zero-order valence-corrected chi connectivity index (χ0v) is 21.2. The third-order valence-corrected chi connectivity index (χ3v) is 7.97. The normalized spacial score (nSPS) is 26.2. The van der Waals surface area contributed by atoms with Crippen molar-refractivity contribution in [3.8, 4) is 0 Å². The van der Waals surface area contributed by atoms with E-state index in [1.54, 1.807) is 6.20 Å². The molecule has 2 aromatic heterocycles. The van der Waals surface area contributed by atoms with E-state index in [4.69, 9.17) is 22.3 Å². The summed E-state index contributed by atoms with van der Waals surface area (Å²) < 4.78 is 30.1. The molecule has 0 bridgehead atoms. The number of primary amides is 1. The lowest BCUT2D eigenvalue weighted by Crippen LogP contribution is -2.38. The number of carbonyl (C=O) groups is 1. The maximum Gasteiger partial charge on any atom is 0.224 e. The fourth-order valence-electron chi connectivity index (χ4n) is 5.39. The van der Waals surface area contributed by atoms with Crippen LogP contribution < -0.4 is 16.4 Å². The number of benzene rings is 1. The van der Waals surface area contributed by atoms with Gasteiger partial charge in [0.2, 0.25) is 17.8 Å². The van der Waals surface area contributed by atoms with E-state index in [2.05, 4.69) is 20.6 Å². The zero-order chi connectivity index (χ0) is 26.3. The summed E-state index contributed by atoms with van der Waals surface area (Å²) in [6.45, 7) is 1.87. The number of hydrogen-bond acceptors (Lipinski definition) is 7. The number of amides is 1. The molecule has 2 heterocycles. The Kier molecular flexibility index (Phi) is 6.93. The first-order chi connectivity index (χ1) is 17.6. The van der Waals surface area contributed by atoms with E-state index >= 15 is 0 Å². The van der Waals surface area contributed by atoms with Gasteiger partial charge in [-0.05, 0) is 57.4 Å². The third-order valence-electron chi connectivity index (χ3n) is 7.67. The third kappa shape index (κ3) is 5.19. The maximum absolute atomic E-state index is 14.6. The van der Waals surface area contributed by atoms with Crippen LogP contribution in [0.5, 0.6) is 0 Å². The number of aromatic nitrogens is 4. The van der Waals surface area contributed by atoms with Gasteiger partial charge in [-0.25, -0.2) is 18.7 Å². The molecule has 0 spiro atoms. The summed E-state index contributed by atoms with van der Waals surface area (Å²) >= 11 is 6.15. The number of nitrogens with two attached hydrogens (primary N) is 1. The Hall–Kier alpha value is -3.05. The molecule has 5 rings (SSSR count). The number of imidazole rings is 1. The monoisotopic (exact) mass is 533 g/mol. The van der Waals surface area contributed by atoms with Crippen LogP contribution in [0, 0.1) is 17.0 Å². The van der Waals surface area contributed by atoms with Crippen LogP contribution in [0.1, 0.15) is 64.3 Å². The Morgan fingerprint density at radius 3 is 2.65 bits per heavy atom. The Morgan fingerprint density at radius 1 is 1.22 bits per heavy atom. The molecule has 37 heavy (non-hydrogen) atoms. The van der Waals surface area contributed by atoms with Crippen LogP contribution in [0.4, 0.5) is 26.4 Å². The maximum atomic E-state index is 14.6. The molecule has 0 saturated heterocycles. The van der Waals surface area contributed by atoms with Crippen molar-refractivity contribution in [1.82, 2.24) is 19.5 Å². The molecular weight excluding hydrogens is 504 g/mol. The number of aliphatic hydroxyl groups excluding tert-OH is 1. The van der Waals surface area contributed by atoms with Gasteiger partial charge < -0.3 is 21.5 Å². The average Bonchev–Trinajstić information content (AvgIpc) is 3.19. The number of fused-ring (bicyclic) bond motifs is 1. The van der Waals surface area contributed by atoms with E-state index in [1.807, 2.05) is 11.5 Å². The second kappa shape index (κ2) is 10.0. The highest BCUT2D eigenvalue weighted by Gasteiger charge is 2.38. The van der Waals surface area contributed by atoms with Crippen molar-refractivity contribution in [1.29, 1.82) is 0 Å². The number of anilines is 3. The summed E-state index contributed by atoms with van der Waals surface area (Å²) in [7, 11) is 0. The topological polar surface area (TPSA) is 131 Å². The molecule has 2 fully saturated rings. The summed E-state index contributed by atoms with van der Waals surface area (Å²) in [4.78, 5) is 25.8. The molecule has 5 N–H and O–H groups in total. The molecule has 3 aromatic rings. The fraction of sp³-hybridized carbons (Fsp3) is 0.520. The van der Waals surface area contributed by atoms with Crippen LogP contribution in [0.15, 0.2) is 18.3 Å². The van der Waals surface area contributed by atoms with Gasteiger partial charge in [0.25, 0.3) is 0 Å². The van der Waals surface area contributed by atoms with Gasteiger partial charge in [0.1, 0.15) is 11.3 Å². The lowest BCUT2D eigenvalue weighted by Gasteiger charge is -2.35. The van der Waals surface area contributed by atoms with Gasteiger partial charge in [-0.15, -0.1) is 0 Å². The van der Waals surface area contributed by atoms with Crippen LogP contribution in [0.3, 0.4) is 0 Å². The van der Waals surface area contributed by atoms with E-state index in [9.17, 15) is 18.7 Å². The zero-order valence-electron chi connectivity index (χ0n) is 20.5. The number of carbonyl (C=O) groups excluding carboxylic acids is 1. The first-order valence-electron chi connectivity index (χ1n) is 12.5. The summed E-state index contributed by atoms with van der Waals surface area (Å²) in [6.07, 6.45) is 6.86. The number of hydrogen-bond donors (Lipinski definition) is 4. The molecule has 2 aliphatic rings. The Morgan fingerprint density at radius 2 is 1.97 bits per heavy atom. The van der Waals surface area contributed by atoms with Crippen molar-refractivity contribution in [2.24, 2.45) is 11.1 Å².